The summed E-state index contributed by atoms with van der Waals surface area (Å²) in [7, 11) is 0. The van der Waals surface area contributed by atoms with Crippen molar-refractivity contribution in [3.63, 3.8) is 0 Å². The summed E-state index contributed by atoms with van der Waals surface area (Å²) in [5.74, 6) is 3.62. The molecule has 0 radical (unpaired) electrons. The minimum atomic E-state index is 0.651. The quantitative estimate of drug-likeness (QED) is 0.773. The van der Waals surface area contributed by atoms with Crippen LogP contribution >= 0.6 is 0 Å². The van der Waals surface area contributed by atoms with Crippen molar-refractivity contribution in [2.75, 3.05) is 0 Å². The minimum Gasteiger partial charge on any atom is -0.346 e. The van der Waals surface area contributed by atoms with Crippen molar-refractivity contribution in [2.45, 2.75) is 77.6 Å². The molecule has 3 rings (SSSR count). The van der Waals surface area contributed by atoms with E-state index >= 15 is 0 Å². The molecule has 106 valence electrons. The van der Waals surface area contributed by atoms with E-state index in [0.29, 0.717) is 5.92 Å². The van der Waals surface area contributed by atoms with E-state index < -0.39 is 0 Å². The number of nitrogens with one attached hydrogen (secondary N) is 1. The van der Waals surface area contributed by atoms with Crippen LogP contribution in [0.25, 0.3) is 0 Å². The van der Waals surface area contributed by atoms with E-state index in [1.54, 1.807) is 0 Å². The summed E-state index contributed by atoms with van der Waals surface area (Å²) in [5.41, 5.74) is 2.82. The lowest BCUT2D eigenvalue weighted by molar-refractivity contribution is 0.440. The fraction of sp³-hybridized carbons (Fsp3) is 0.824. The highest BCUT2D eigenvalue weighted by Crippen LogP contribution is 2.33. The second kappa shape index (κ2) is 5.68. The molecular formula is C17H28N2. The molecule has 2 nitrogen and oxygen atoms in total. The van der Waals surface area contributed by atoms with Gasteiger partial charge in [0.2, 0.25) is 0 Å². The highest BCUT2D eigenvalue weighted by atomic mass is 14.9. The van der Waals surface area contributed by atoms with E-state index in [4.69, 9.17) is 4.98 Å². The zero-order chi connectivity index (χ0) is 13.2. The molecule has 1 aromatic rings. The second-order valence-corrected chi connectivity index (χ2v) is 7.06. The number of imidazole rings is 1. The van der Waals surface area contributed by atoms with Crippen LogP contribution in [0.3, 0.4) is 0 Å². The van der Waals surface area contributed by atoms with Gasteiger partial charge in [0.25, 0.3) is 0 Å². The first kappa shape index (κ1) is 13.2. The predicted octanol–water partition coefficient (Wildman–Crippen LogP) is 4.61. The van der Waals surface area contributed by atoms with Crippen LogP contribution in [0.1, 0.15) is 81.9 Å². The first-order valence-electron chi connectivity index (χ1n) is 8.30. The van der Waals surface area contributed by atoms with Gasteiger partial charge >= 0.3 is 0 Å². The summed E-state index contributed by atoms with van der Waals surface area (Å²) >= 11 is 0. The third kappa shape index (κ3) is 3.04. The summed E-state index contributed by atoms with van der Waals surface area (Å²) in [6.07, 6.45) is 12.3. The maximum Gasteiger partial charge on any atom is 0.106 e. The molecule has 0 aromatic carbocycles. The van der Waals surface area contributed by atoms with Crippen molar-refractivity contribution >= 4 is 0 Å². The average molecular weight is 260 g/mol. The summed E-state index contributed by atoms with van der Waals surface area (Å²) in [5, 5.41) is 0. The number of hydrogen-bond acceptors (Lipinski definition) is 1. The lowest BCUT2D eigenvalue weighted by atomic mass is 9.84. The maximum absolute atomic E-state index is 4.94. The first-order chi connectivity index (χ1) is 9.22. The molecule has 0 aliphatic heterocycles. The van der Waals surface area contributed by atoms with Crippen LogP contribution in [-0.4, -0.2) is 9.97 Å². The molecule has 2 aliphatic carbocycles. The Morgan fingerprint density at radius 3 is 2.58 bits per heavy atom. The van der Waals surface area contributed by atoms with Crippen LogP contribution in [0.2, 0.25) is 0 Å². The maximum atomic E-state index is 4.94. The van der Waals surface area contributed by atoms with Crippen molar-refractivity contribution in [1.29, 1.82) is 0 Å². The van der Waals surface area contributed by atoms with Crippen molar-refractivity contribution in [3.05, 3.63) is 17.2 Å². The number of nitrogens with zero attached hydrogens (tertiary/aromatic N) is 1. The van der Waals surface area contributed by atoms with Crippen LogP contribution in [0.5, 0.6) is 0 Å². The van der Waals surface area contributed by atoms with Gasteiger partial charge in [-0.1, -0.05) is 52.4 Å². The lowest BCUT2D eigenvalue weighted by Crippen LogP contribution is -2.14. The third-order valence-electron chi connectivity index (χ3n) is 5.09. The third-order valence-corrected chi connectivity index (χ3v) is 5.09. The van der Waals surface area contributed by atoms with E-state index in [1.807, 2.05) is 0 Å². The van der Waals surface area contributed by atoms with Gasteiger partial charge in [0.15, 0.2) is 0 Å². The van der Waals surface area contributed by atoms with E-state index in [-0.39, 0.29) is 0 Å². The summed E-state index contributed by atoms with van der Waals surface area (Å²) in [6, 6.07) is 0. The largest absolute Gasteiger partial charge is 0.346 e. The van der Waals surface area contributed by atoms with Gasteiger partial charge in [-0.3, -0.25) is 0 Å². The van der Waals surface area contributed by atoms with Crippen molar-refractivity contribution in [2.24, 2.45) is 11.8 Å². The number of fused-ring (bicyclic) bond motifs is 1. The van der Waals surface area contributed by atoms with Crippen molar-refractivity contribution in [3.8, 4) is 0 Å². The van der Waals surface area contributed by atoms with Gasteiger partial charge in [0.05, 0.1) is 5.69 Å². The Labute approximate surface area is 117 Å². The molecule has 19 heavy (non-hydrogen) atoms. The fourth-order valence-electron chi connectivity index (χ4n) is 4.13. The Hall–Kier alpha value is -0.790. The lowest BCUT2D eigenvalue weighted by Gasteiger charge is -2.22. The summed E-state index contributed by atoms with van der Waals surface area (Å²) in [6.45, 7) is 4.70. The Kier molecular flexibility index (Phi) is 3.95. The Bertz CT molecular complexity index is 413. The normalized spacial score (nSPS) is 28.9. The molecule has 0 saturated heterocycles. The molecule has 1 N–H and O–H groups in total. The Balaban J connectivity index is 1.70. The van der Waals surface area contributed by atoms with Crippen LogP contribution in [0.15, 0.2) is 0 Å². The number of H-pyrrole nitrogens is 1. The first-order valence-corrected chi connectivity index (χ1v) is 8.30. The Morgan fingerprint density at radius 2 is 1.84 bits per heavy atom. The predicted molar refractivity (Wildman–Crippen MR) is 79.4 cm³/mol. The number of aromatic amines is 1. The topological polar surface area (TPSA) is 28.7 Å². The van der Waals surface area contributed by atoms with Gasteiger partial charge in [0, 0.05) is 18.0 Å². The fourth-order valence-corrected chi connectivity index (χ4v) is 4.13. The van der Waals surface area contributed by atoms with E-state index in [9.17, 15) is 0 Å². The molecule has 2 atom stereocenters. The molecule has 1 aromatic heterocycles. The molecule has 2 aliphatic rings. The standard InChI is InChI=1S/C17H28N2/c1-12-9-13(2)17-15(10-12)18-16(19-17)11-14-7-5-3-4-6-8-14/h12-14H,3-11H2,1-2H3,(H,18,19). The zero-order valence-corrected chi connectivity index (χ0v) is 12.5. The van der Waals surface area contributed by atoms with E-state index in [0.717, 1.165) is 11.8 Å². The molecule has 1 saturated carbocycles. The van der Waals surface area contributed by atoms with Crippen LogP contribution < -0.4 is 0 Å². The van der Waals surface area contributed by atoms with Crippen molar-refractivity contribution in [1.82, 2.24) is 9.97 Å². The smallest absolute Gasteiger partial charge is 0.106 e. The van der Waals surface area contributed by atoms with Crippen LogP contribution in [0.4, 0.5) is 0 Å². The van der Waals surface area contributed by atoms with Gasteiger partial charge in [-0.25, -0.2) is 4.98 Å². The average Bonchev–Trinajstić information content (AvgIpc) is 2.58. The van der Waals surface area contributed by atoms with Gasteiger partial charge in [-0.05, 0) is 24.7 Å². The van der Waals surface area contributed by atoms with E-state index in [1.165, 1.54) is 75.0 Å². The molecule has 0 amide bonds. The summed E-state index contributed by atoms with van der Waals surface area (Å²) in [4.78, 5) is 8.59. The highest BCUT2D eigenvalue weighted by Gasteiger charge is 2.25. The van der Waals surface area contributed by atoms with Gasteiger partial charge in [-0.15, -0.1) is 0 Å². The Morgan fingerprint density at radius 1 is 1.11 bits per heavy atom. The number of aromatic nitrogens is 2. The molecular weight excluding hydrogens is 232 g/mol. The van der Waals surface area contributed by atoms with E-state index in [2.05, 4.69) is 18.8 Å². The molecule has 2 unspecified atom stereocenters. The van der Waals surface area contributed by atoms with Crippen molar-refractivity contribution < 1.29 is 0 Å². The number of rotatable bonds is 2. The van der Waals surface area contributed by atoms with Crippen LogP contribution in [0, 0.1) is 11.8 Å². The molecule has 1 fully saturated rings. The van der Waals surface area contributed by atoms with Crippen LogP contribution in [-0.2, 0) is 12.8 Å². The highest BCUT2D eigenvalue weighted by molar-refractivity contribution is 5.22. The van der Waals surface area contributed by atoms with Gasteiger partial charge in [-0.2, -0.15) is 0 Å². The molecule has 2 heteroatoms. The summed E-state index contributed by atoms with van der Waals surface area (Å²) < 4.78 is 0. The SMILES string of the molecule is CC1Cc2[nH]c(CC3CCCCCC3)nc2C(C)C1. The number of hydrogen-bond donors (Lipinski definition) is 1. The zero-order valence-electron chi connectivity index (χ0n) is 12.5. The molecule has 0 spiro atoms. The molecule has 1 heterocycles. The van der Waals surface area contributed by atoms with Gasteiger partial charge in [0.1, 0.15) is 5.82 Å². The molecule has 0 bridgehead atoms. The minimum absolute atomic E-state index is 0.651. The monoisotopic (exact) mass is 260 g/mol. The van der Waals surface area contributed by atoms with Gasteiger partial charge < -0.3 is 4.98 Å². The second-order valence-electron chi connectivity index (χ2n) is 7.06.